The summed E-state index contributed by atoms with van der Waals surface area (Å²) in [5.74, 6) is 1.78. The molecule has 27 heavy (non-hydrogen) atoms. The summed E-state index contributed by atoms with van der Waals surface area (Å²) in [5.41, 5.74) is 1.48. The second-order valence-electron chi connectivity index (χ2n) is 5.72. The van der Waals surface area contributed by atoms with Crippen LogP contribution >= 0.6 is 8.20 Å². The molecule has 0 aromatic heterocycles. The van der Waals surface area contributed by atoms with Gasteiger partial charge in [-0.1, -0.05) is 50.1 Å². The Morgan fingerprint density at radius 3 is 2.04 bits per heavy atom. The Kier molecular flexibility index (Phi) is 6.48. The monoisotopic (exact) mass is 379 g/mol. The molecule has 4 nitrogen and oxygen atoms in total. The van der Waals surface area contributed by atoms with Crippen LogP contribution in [-0.2, 0) is 6.61 Å². The van der Waals surface area contributed by atoms with Crippen LogP contribution in [0.15, 0.2) is 72.8 Å². The van der Waals surface area contributed by atoms with Crippen LogP contribution in [0.4, 0.5) is 0 Å². The summed E-state index contributed by atoms with van der Waals surface area (Å²) in [6.07, 6.45) is 0. The first-order valence-electron chi connectivity index (χ1n) is 8.45. The average Bonchev–Trinajstić information content (AvgIpc) is 2.73. The van der Waals surface area contributed by atoms with Gasteiger partial charge in [-0.3, -0.25) is 0 Å². The van der Waals surface area contributed by atoms with Crippen LogP contribution in [0.5, 0.6) is 17.2 Å². The van der Waals surface area contributed by atoms with Gasteiger partial charge in [0, 0.05) is 10.9 Å². The Hall–Kier alpha value is -2.81. The van der Waals surface area contributed by atoms with E-state index in [-0.39, 0.29) is 5.48 Å². The molecule has 0 heterocycles. The van der Waals surface area contributed by atoms with E-state index < -0.39 is 0 Å². The van der Waals surface area contributed by atoms with E-state index in [0.717, 1.165) is 16.6 Å². The first kappa shape index (κ1) is 19.0. The van der Waals surface area contributed by atoms with Crippen molar-refractivity contribution in [3.8, 4) is 17.2 Å². The fourth-order valence-corrected chi connectivity index (χ4v) is 3.46. The molecule has 0 aliphatic heterocycles. The first-order chi connectivity index (χ1) is 13.2. The normalized spacial score (nSPS) is 11.1. The number of hydrogen-bond acceptors (Lipinski definition) is 4. The molecule has 0 unspecified atom stereocenters. The minimum absolute atomic E-state index is 0.0812. The SMILES string of the molecule is COc1cccc(OC)c1C([O-])=Pc1ccc(OCc2ccccc2)cc1. The molecular formula is C22H20O4P-. The van der Waals surface area contributed by atoms with Crippen LogP contribution in [0, 0.1) is 0 Å². The molecule has 0 atom stereocenters. The third-order valence-electron chi connectivity index (χ3n) is 3.96. The standard InChI is InChI=1S/C22H21O4P/c1-24-19-9-6-10-20(25-2)21(19)22(23)27-18-13-11-17(12-14-18)26-15-16-7-4-3-5-8-16/h3-14,23H,15H2,1-2H3/p-1. The summed E-state index contributed by atoms with van der Waals surface area (Å²) in [6.45, 7) is 0.509. The van der Waals surface area contributed by atoms with Crippen LogP contribution in [0.25, 0.3) is 0 Å². The predicted molar refractivity (Wildman–Crippen MR) is 107 cm³/mol. The van der Waals surface area contributed by atoms with Gasteiger partial charge in [-0.25, -0.2) is 0 Å². The minimum atomic E-state index is -0.0812. The smallest absolute Gasteiger partial charge is 0.129 e. The van der Waals surface area contributed by atoms with E-state index in [0.29, 0.717) is 31.9 Å². The van der Waals surface area contributed by atoms with Crippen LogP contribution in [0.2, 0.25) is 0 Å². The van der Waals surface area contributed by atoms with Crippen molar-refractivity contribution in [1.29, 1.82) is 0 Å². The topological polar surface area (TPSA) is 50.8 Å². The molecule has 0 radical (unpaired) electrons. The highest BCUT2D eigenvalue weighted by molar-refractivity contribution is 7.49. The molecule has 3 rings (SSSR count). The molecule has 0 saturated carbocycles. The van der Waals surface area contributed by atoms with Crippen molar-refractivity contribution in [3.63, 3.8) is 0 Å². The molecular weight excluding hydrogens is 359 g/mol. The van der Waals surface area contributed by atoms with Crippen molar-refractivity contribution >= 4 is 19.0 Å². The van der Waals surface area contributed by atoms with Crippen molar-refractivity contribution in [3.05, 3.63) is 83.9 Å². The van der Waals surface area contributed by atoms with Gasteiger partial charge >= 0.3 is 0 Å². The van der Waals surface area contributed by atoms with Crippen molar-refractivity contribution in [2.75, 3.05) is 14.2 Å². The number of methoxy groups -OCH3 is 2. The van der Waals surface area contributed by atoms with Gasteiger partial charge in [-0.2, -0.15) is 0 Å². The maximum Gasteiger partial charge on any atom is 0.129 e. The molecule has 0 spiro atoms. The maximum atomic E-state index is 12.8. The number of rotatable bonds is 7. The number of hydrogen-bond donors (Lipinski definition) is 0. The lowest BCUT2D eigenvalue weighted by atomic mass is 10.2. The second kappa shape index (κ2) is 9.22. The molecule has 0 aliphatic carbocycles. The van der Waals surface area contributed by atoms with Crippen molar-refractivity contribution in [2.24, 2.45) is 0 Å². The van der Waals surface area contributed by atoms with E-state index in [4.69, 9.17) is 14.2 Å². The molecule has 0 N–H and O–H groups in total. The quantitative estimate of drug-likeness (QED) is 0.591. The highest BCUT2D eigenvalue weighted by Crippen LogP contribution is 2.29. The summed E-state index contributed by atoms with van der Waals surface area (Å²) in [5, 5.41) is 13.6. The summed E-state index contributed by atoms with van der Waals surface area (Å²) < 4.78 is 16.4. The summed E-state index contributed by atoms with van der Waals surface area (Å²) in [7, 11) is 3.63. The summed E-state index contributed by atoms with van der Waals surface area (Å²) in [4.78, 5) is 0. The lowest BCUT2D eigenvalue weighted by Crippen LogP contribution is -2.19. The fraction of sp³-hybridized carbons (Fsp3) is 0.136. The fourth-order valence-electron chi connectivity index (χ4n) is 2.59. The zero-order chi connectivity index (χ0) is 19.1. The van der Waals surface area contributed by atoms with Gasteiger partial charge in [0.25, 0.3) is 0 Å². The van der Waals surface area contributed by atoms with E-state index in [9.17, 15) is 5.11 Å². The highest BCUT2D eigenvalue weighted by Gasteiger charge is 2.08. The maximum absolute atomic E-state index is 12.8. The molecule has 0 bridgehead atoms. The lowest BCUT2D eigenvalue weighted by Gasteiger charge is -2.19. The van der Waals surface area contributed by atoms with E-state index in [2.05, 4.69) is 0 Å². The molecule has 138 valence electrons. The van der Waals surface area contributed by atoms with E-state index in [1.807, 2.05) is 54.6 Å². The van der Waals surface area contributed by atoms with Gasteiger partial charge in [0.15, 0.2) is 0 Å². The molecule has 0 fully saturated rings. The largest absolute Gasteiger partial charge is 0.823 e. The zero-order valence-electron chi connectivity index (χ0n) is 15.2. The van der Waals surface area contributed by atoms with E-state index in [1.165, 1.54) is 0 Å². The van der Waals surface area contributed by atoms with E-state index in [1.54, 1.807) is 32.4 Å². The Bertz CT molecular complexity index is 883. The van der Waals surface area contributed by atoms with Gasteiger partial charge in [-0.05, 0) is 42.0 Å². The summed E-state index contributed by atoms with van der Waals surface area (Å²) >= 11 is 0. The first-order valence-corrected chi connectivity index (χ1v) is 9.34. The third-order valence-corrected chi connectivity index (χ3v) is 4.94. The molecule has 0 amide bonds. The average molecular weight is 379 g/mol. The predicted octanol–water partition coefficient (Wildman–Crippen LogP) is 3.39. The van der Waals surface area contributed by atoms with Gasteiger partial charge in [0.1, 0.15) is 23.9 Å². The zero-order valence-corrected chi connectivity index (χ0v) is 16.1. The highest BCUT2D eigenvalue weighted by atomic mass is 31.1. The van der Waals surface area contributed by atoms with E-state index >= 15 is 0 Å². The van der Waals surface area contributed by atoms with Crippen molar-refractivity contribution in [1.82, 2.24) is 0 Å². The number of ether oxygens (including phenoxy) is 3. The molecule has 0 aliphatic rings. The van der Waals surface area contributed by atoms with Gasteiger partial charge < -0.3 is 19.3 Å². The molecule has 3 aromatic rings. The minimum Gasteiger partial charge on any atom is -0.823 e. The Labute approximate surface area is 160 Å². The number of benzene rings is 3. The third kappa shape index (κ3) is 4.88. The van der Waals surface area contributed by atoms with Crippen LogP contribution in [-0.4, -0.2) is 19.7 Å². The van der Waals surface area contributed by atoms with Crippen LogP contribution < -0.4 is 24.6 Å². The Morgan fingerprint density at radius 1 is 0.815 bits per heavy atom. The summed E-state index contributed by atoms with van der Waals surface area (Å²) in [6, 6.07) is 22.8. The molecule has 0 saturated heterocycles. The molecule has 3 aromatic carbocycles. The van der Waals surface area contributed by atoms with Gasteiger partial charge in [0.2, 0.25) is 0 Å². The van der Waals surface area contributed by atoms with Crippen molar-refractivity contribution in [2.45, 2.75) is 6.61 Å². The van der Waals surface area contributed by atoms with Gasteiger partial charge in [0.05, 0.1) is 14.2 Å². The van der Waals surface area contributed by atoms with Crippen LogP contribution in [0.1, 0.15) is 11.1 Å². The second-order valence-corrected chi connectivity index (χ2v) is 6.87. The Balaban J connectivity index is 1.76. The van der Waals surface area contributed by atoms with Crippen LogP contribution in [0.3, 0.4) is 0 Å². The van der Waals surface area contributed by atoms with Gasteiger partial charge in [-0.15, -0.1) is 0 Å². The molecule has 5 heteroatoms. The lowest BCUT2D eigenvalue weighted by molar-refractivity contribution is -0.207. The Morgan fingerprint density at radius 2 is 1.44 bits per heavy atom. The van der Waals surface area contributed by atoms with Crippen molar-refractivity contribution < 1.29 is 19.3 Å².